The van der Waals surface area contributed by atoms with Gasteiger partial charge in [0.2, 0.25) is 0 Å². The van der Waals surface area contributed by atoms with Crippen LogP contribution in [-0.4, -0.2) is 27.1 Å². The Morgan fingerprint density at radius 1 is 1.33 bits per heavy atom. The van der Waals surface area contributed by atoms with Gasteiger partial charge < -0.3 is 10.4 Å². The zero-order valence-electron chi connectivity index (χ0n) is 13.0. The molecule has 0 fully saturated rings. The molecular formula is C17H16ClN3O2S. The van der Waals surface area contributed by atoms with E-state index in [1.165, 1.54) is 17.7 Å². The van der Waals surface area contributed by atoms with Gasteiger partial charge in [0.15, 0.2) is 0 Å². The molecule has 0 aliphatic rings. The van der Waals surface area contributed by atoms with Crippen LogP contribution in [0.4, 0.5) is 5.82 Å². The number of anilines is 1. The molecule has 0 spiro atoms. The number of aliphatic carboxylic acids is 1. The molecule has 7 heteroatoms. The zero-order chi connectivity index (χ0) is 17.1. The summed E-state index contributed by atoms with van der Waals surface area (Å²) in [5, 5.41) is 16.0. The molecule has 0 aliphatic carbocycles. The number of carbonyl (C=O) groups is 1. The van der Waals surface area contributed by atoms with E-state index in [4.69, 9.17) is 11.6 Å². The van der Waals surface area contributed by atoms with Gasteiger partial charge in [-0.25, -0.2) is 14.8 Å². The van der Waals surface area contributed by atoms with E-state index in [2.05, 4.69) is 15.3 Å². The number of benzene rings is 1. The maximum atomic E-state index is 11.4. The summed E-state index contributed by atoms with van der Waals surface area (Å²) in [6.45, 7) is 1.96. The van der Waals surface area contributed by atoms with Crippen molar-refractivity contribution in [3.8, 4) is 11.1 Å². The first-order valence-electron chi connectivity index (χ1n) is 7.57. The minimum absolute atomic E-state index is 0.529. The van der Waals surface area contributed by atoms with Crippen molar-refractivity contribution < 1.29 is 9.90 Å². The first-order chi connectivity index (χ1) is 11.6. The molecule has 2 aromatic heterocycles. The fraction of sp³-hybridized carbons (Fsp3) is 0.235. The lowest BCUT2D eigenvalue weighted by Crippen LogP contribution is -2.29. The van der Waals surface area contributed by atoms with Crippen LogP contribution in [0.2, 0.25) is 5.02 Å². The van der Waals surface area contributed by atoms with E-state index in [0.717, 1.165) is 27.8 Å². The molecule has 2 heterocycles. The van der Waals surface area contributed by atoms with Crippen molar-refractivity contribution in [2.75, 3.05) is 5.32 Å². The predicted molar refractivity (Wildman–Crippen MR) is 97.8 cm³/mol. The Bertz CT molecular complexity index is 864. The molecule has 0 aliphatic heterocycles. The van der Waals surface area contributed by atoms with E-state index >= 15 is 0 Å². The monoisotopic (exact) mass is 361 g/mol. The van der Waals surface area contributed by atoms with Crippen LogP contribution in [0.5, 0.6) is 0 Å². The summed E-state index contributed by atoms with van der Waals surface area (Å²) < 4.78 is 0. The van der Waals surface area contributed by atoms with Crippen LogP contribution in [0.1, 0.15) is 19.8 Å². The number of hydrogen-bond donors (Lipinski definition) is 2. The van der Waals surface area contributed by atoms with Crippen LogP contribution in [0.15, 0.2) is 36.0 Å². The van der Waals surface area contributed by atoms with E-state index in [1.807, 2.05) is 36.6 Å². The van der Waals surface area contributed by atoms with Crippen molar-refractivity contribution in [2.24, 2.45) is 0 Å². The van der Waals surface area contributed by atoms with Crippen LogP contribution in [0, 0.1) is 0 Å². The summed E-state index contributed by atoms with van der Waals surface area (Å²) in [7, 11) is 0. The number of thiophene rings is 1. The highest BCUT2D eigenvalue weighted by Gasteiger charge is 2.20. The molecule has 2 N–H and O–H groups in total. The molecule has 0 bridgehead atoms. The Balaban J connectivity index is 2.07. The van der Waals surface area contributed by atoms with Gasteiger partial charge in [-0.1, -0.05) is 37.1 Å². The fourth-order valence-corrected chi connectivity index (χ4v) is 3.58. The molecule has 3 aromatic rings. The van der Waals surface area contributed by atoms with Crippen LogP contribution in [0.25, 0.3) is 21.3 Å². The largest absolute Gasteiger partial charge is 0.480 e. The van der Waals surface area contributed by atoms with E-state index in [1.54, 1.807) is 0 Å². The molecule has 24 heavy (non-hydrogen) atoms. The van der Waals surface area contributed by atoms with Crippen molar-refractivity contribution >= 4 is 44.9 Å². The van der Waals surface area contributed by atoms with Crippen LogP contribution in [-0.2, 0) is 4.79 Å². The van der Waals surface area contributed by atoms with Crippen molar-refractivity contribution in [3.05, 3.63) is 41.0 Å². The van der Waals surface area contributed by atoms with Gasteiger partial charge in [-0.15, -0.1) is 11.3 Å². The molecular weight excluding hydrogens is 346 g/mol. The summed E-state index contributed by atoms with van der Waals surface area (Å²) in [6.07, 6.45) is 2.75. The van der Waals surface area contributed by atoms with Gasteiger partial charge in [-0.3, -0.25) is 0 Å². The van der Waals surface area contributed by atoms with Gasteiger partial charge in [0.1, 0.15) is 23.0 Å². The molecule has 1 atom stereocenters. The third-order valence-corrected chi connectivity index (χ3v) is 4.85. The van der Waals surface area contributed by atoms with Crippen molar-refractivity contribution in [1.29, 1.82) is 0 Å². The summed E-state index contributed by atoms with van der Waals surface area (Å²) >= 11 is 7.47. The summed E-state index contributed by atoms with van der Waals surface area (Å²) in [5.41, 5.74) is 1.96. The molecule has 1 aromatic carbocycles. The average molecular weight is 362 g/mol. The lowest BCUT2D eigenvalue weighted by molar-refractivity contribution is -0.138. The second-order valence-corrected chi connectivity index (χ2v) is 6.68. The van der Waals surface area contributed by atoms with Crippen molar-refractivity contribution in [3.63, 3.8) is 0 Å². The normalized spacial score (nSPS) is 12.2. The number of aromatic nitrogens is 2. The molecule has 0 saturated heterocycles. The van der Waals surface area contributed by atoms with E-state index < -0.39 is 12.0 Å². The number of fused-ring (bicyclic) bond motifs is 1. The summed E-state index contributed by atoms with van der Waals surface area (Å²) in [6, 6.07) is 6.84. The lowest BCUT2D eigenvalue weighted by Gasteiger charge is -2.15. The van der Waals surface area contributed by atoms with Gasteiger partial charge in [0.05, 0.1) is 5.39 Å². The Kier molecular flexibility index (Phi) is 4.97. The fourth-order valence-electron chi connectivity index (χ4n) is 2.54. The number of nitrogens with one attached hydrogen (secondary N) is 1. The first-order valence-corrected chi connectivity index (χ1v) is 8.83. The van der Waals surface area contributed by atoms with Gasteiger partial charge in [-0.2, -0.15) is 0 Å². The molecule has 5 nitrogen and oxygen atoms in total. The molecule has 124 valence electrons. The van der Waals surface area contributed by atoms with Crippen molar-refractivity contribution in [1.82, 2.24) is 9.97 Å². The SMILES string of the molecule is CCCC(Nc1ncnc2scc(-c3ccc(Cl)cc3)c12)C(=O)O. The Hall–Kier alpha value is -2.18. The number of halogens is 1. The minimum Gasteiger partial charge on any atom is -0.480 e. The smallest absolute Gasteiger partial charge is 0.326 e. The Morgan fingerprint density at radius 2 is 2.08 bits per heavy atom. The number of hydrogen-bond acceptors (Lipinski definition) is 5. The molecule has 1 unspecified atom stereocenters. The number of carboxylic acids is 1. The lowest BCUT2D eigenvalue weighted by atomic mass is 10.1. The first kappa shape index (κ1) is 16.7. The van der Waals surface area contributed by atoms with Gasteiger partial charge >= 0.3 is 5.97 Å². The molecule has 0 amide bonds. The molecule has 3 rings (SSSR count). The topological polar surface area (TPSA) is 75.1 Å². The van der Waals surface area contributed by atoms with E-state index in [9.17, 15) is 9.90 Å². The minimum atomic E-state index is -0.883. The number of carboxylic acid groups (broad SMARTS) is 1. The van der Waals surface area contributed by atoms with E-state index in [-0.39, 0.29) is 0 Å². The summed E-state index contributed by atoms with van der Waals surface area (Å²) in [5.74, 6) is -0.334. The van der Waals surface area contributed by atoms with Crippen LogP contribution < -0.4 is 5.32 Å². The second kappa shape index (κ2) is 7.15. The van der Waals surface area contributed by atoms with Gasteiger partial charge in [0, 0.05) is 16.0 Å². The standard InChI is InChI=1S/C17H16ClN3O2S/c1-2-3-13(17(22)23)21-15-14-12(8-24-16(14)20-9-19-15)10-4-6-11(18)7-5-10/h4-9,13H,2-3H2,1H3,(H,22,23)(H,19,20,21). The van der Waals surface area contributed by atoms with Crippen molar-refractivity contribution in [2.45, 2.75) is 25.8 Å². The molecule has 0 radical (unpaired) electrons. The third kappa shape index (κ3) is 3.34. The summed E-state index contributed by atoms with van der Waals surface area (Å²) in [4.78, 5) is 20.8. The Morgan fingerprint density at radius 3 is 2.75 bits per heavy atom. The predicted octanol–water partition coefficient (Wildman–Crippen LogP) is 4.68. The number of nitrogens with zero attached hydrogens (tertiary/aromatic N) is 2. The molecule has 0 saturated carbocycles. The van der Waals surface area contributed by atoms with Gasteiger partial charge in [-0.05, 0) is 24.1 Å². The maximum absolute atomic E-state index is 11.4. The highest BCUT2D eigenvalue weighted by Crippen LogP contribution is 2.37. The Labute approximate surface area is 148 Å². The van der Waals surface area contributed by atoms with Gasteiger partial charge in [0.25, 0.3) is 0 Å². The highest BCUT2D eigenvalue weighted by molar-refractivity contribution is 7.17. The average Bonchev–Trinajstić information content (AvgIpc) is 3.00. The number of rotatable bonds is 6. The van der Waals surface area contributed by atoms with Crippen LogP contribution in [0.3, 0.4) is 0 Å². The maximum Gasteiger partial charge on any atom is 0.326 e. The second-order valence-electron chi connectivity index (χ2n) is 5.38. The quantitative estimate of drug-likeness (QED) is 0.666. The van der Waals surface area contributed by atoms with Crippen LogP contribution >= 0.6 is 22.9 Å². The zero-order valence-corrected chi connectivity index (χ0v) is 14.6. The highest BCUT2D eigenvalue weighted by atomic mass is 35.5. The van der Waals surface area contributed by atoms with E-state index in [0.29, 0.717) is 17.3 Å². The third-order valence-electron chi connectivity index (χ3n) is 3.71.